The number of amides is 1. The van der Waals surface area contributed by atoms with Crippen molar-refractivity contribution < 1.29 is 27.9 Å². The van der Waals surface area contributed by atoms with Crippen LogP contribution in [0.5, 0.6) is 0 Å². The van der Waals surface area contributed by atoms with Crippen LogP contribution in [0.25, 0.3) is 0 Å². The normalized spacial score (nSPS) is 18.6. The molecule has 0 aliphatic heterocycles. The van der Waals surface area contributed by atoms with Crippen molar-refractivity contribution >= 4 is 28.9 Å². The second-order valence-electron chi connectivity index (χ2n) is 7.40. The van der Waals surface area contributed by atoms with Gasteiger partial charge in [-0.1, -0.05) is 12.8 Å². The van der Waals surface area contributed by atoms with E-state index >= 15 is 0 Å². The molecule has 1 amide bonds. The molecule has 2 aromatic rings. The van der Waals surface area contributed by atoms with Crippen LogP contribution in [0, 0.1) is 23.2 Å². The molecule has 6 nitrogen and oxygen atoms in total. The van der Waals surface area contributed by atoms with E-state index in [9.17, 15) is 27.9 Å². The number of carbonyl (C=O) groups is 2. The molecule has 0 radical (unpaired) electrons. The first-order chi connectivity index (χ1) is 14.7. The summed E-state index contributed by atoms with van der Waals surface area (Å²) in [4.78, 5) is 24.3. The second kappa shape index (κ2) is 9.08. The summed E-state index contributed by atoms with van der Waals surface area (Å²) in [5.74, 6) is -3.38. The van der Waals surface area contributed by atoms with E-state index in [0.717, 1.165) is 12.1 Å². The van der Waals surface area contributed by atoms with Gasteiger partial charge in [0.05, 0.1) is 40.4 Å². The van der Waals surface area contributed by atoms with Crippen LogP contribution < -0.4 is 10.6 Å². The van der Waals surface area contributed by atoms with E-state index in [1.165, 1.54) is 6.07 Å². The van der Waals surface area contributed by atoms with Crippen LogP contribution in [0.2, 0.25) is 0 Å². The Morgan fingerprint density at radius 3 is 2.23 bits per heavy atom. The van der Waals surface area contributed by atoms with Gasteiger partial charge in [0.1, 0.15) is 0 Å². The Morgan fingerprint density at radius 1 is 1.00 bits per heavy atom. The molecule has 3 rings (SSSR count). The highest BCUT2D eigenvalue weighted by molar-refractivity contribution is 5.98. The molecular weight excluding hydrogens is 411 g/mol. The van der Waals surface area contributed by atoms with E-state index in [4.69, 9.17) is 5.26 Å². The fraction of sp³-hybridized carbons (Fsp3) is 0.318. The van der Waals surface area contributed by atoms with Crippen LogP contribution in [0.1, 0.15) is 36.8 Å². The number of nitrogens with one attached hydrogen (secondary N) is 2. The number of nitrogens with zero attached hydrogens (tertiary/aromatic N) is 1. The molecule has 0 heterocycles. The van der Waals surface area contributed by atoms with Gasteiger partial charge < -0.3 is 15.7 Å². The molecule has 0 aromatic heterocycles. The van der Waals surface area contributed by atoms with Gasteiger partial charge in [0, 0.05) is 5.69 Å². The maximum Gasteiger partial charge on any atom is 0.416 e. The molecule has 0 saturated heterocycles. The summed E-state index contributed by atoms with van der Waals surface area (Å²) < 4.78 is 39.7. The van der Waals surface area contributed by atoms with E-state index in [2.05, 4.69) is 10.6 Å². The molecule has 2 atom stereocenters. The van der Waals surface area contributed by atoms with Crippen LogP contribution in [-0.2, 0) is 15.8 Å². The number of halogens is 3. The highest BCUT2D eigenvalue weighted by Crippen LogP contribution is 2.37. The molecule has 2 aromatic carbocycles. The van der Waals surface area contributed by atoms with E-state index < -0.39 is 35.5 Å². The Hall–Kier alpha value is -3.54. The summed E-state index contributed by atoms with van der Waals surface area (Å²) in [7, 11) is 0. The number of carbonyl (C=O) groups excluding carboxylic acids is 1. The van der Waals surface area contributed by atoms with E-state index in [-0.39, 0.29) is 11.4 Å². The summed E-state index contributed by atoms with van der Waals surface area (Å²) in [5.41, 5.74) is 0.109. The molecule has 3 N–H and O–H groups in total. The first kappa shape index (κ1) is 22.2. The Morgan fingerprint density at radius 2 is 1.65 bits per heavy atom. The monoisotopic (exact) mass is 431 g/mol. The van der Waals surface area contributed by atoms with Crippen molar-refractivity contribution in [3.63, 3.8) is 0 Å². The molecule has 1 fully saturated rings. The van der Waals surface area contributed by atoms with Gasteiger partial charge in [-0.2, -0.15) is 18.4 Å². The van der Waals surface area contributed by atoms with Crippen molar-refractivity contribution in [1.29, 1.82) is 5.26 Å². The lowest BCUT2D eigenvalue weighted by atomic mass is 9.78. The third kappa shape index (κ3) is 5.34. The van der Waals surface area contributed by atoms with E-state index in [0.29, 0.717) is 36.9 Å². The average Bonchev–Trinajstić information content (AvgIpc) is 2.74. The zero-order valence-corrected chi connectivity index (χ0v) is 16.4. The van der Waals surface area contributed by atoms with Crippen molar-refractivity contribution in [3.8, 4) is 6.07 Å². The molecule has 1 saturated carbocycles. The van der Waals surface area contributed by atoms with Crippen molar-refractivity contribution in [2.24, 2.45) is 11.8 Å². The smallest absolute Gasteiger partial charge is 0.416 e. The fourth-order valence-electron chi connectivity index (χ4n) is 3.68. The molecule has 162 valence electrons. The molecule has 31 heavy (non-hydrogen) atoms. The van der Waals surface area contributed by atoms with Crippen molar-refractivity contribution in [2.45, 2.75) is 31.9 Å². The highest BCUT2D eigenvalue weighted by atomic mass is 19.4. The van der Waals surface area contributed by atoms with Gasteiger partial charge in [-0.25, -0.2) is 0 Å². The first-order valence-corrected chi connectivity index (χ1v) is 9.71. The summed E-state index contributed by atoms with van der Waals surface area (Å²) >= 11 is 0. The number of anilines is 3. The molecule has 2 unspecified atom stereocenters. The number of carboxylic acid groups (broad SMARTS) is 1. The number of hydrogen-bond acceptors (Lipinski definition) is 4. The highest BCUT2D eigenvalue weighted by Gasteiger charge is 2.36. The fourth-order valence-corrected chi connectivity index (χ4v) is 3.68. The lowest BCUT2D eigenvalue weighted by Crippen LogP contribution is -2.36. The summed E-state index contributed by atoms with van der Waals surface area (Å²) in [5, 5.41) is 23.7. The first-order valence-electron chi connectivity index (χ1n) is 9.71. The molecule has 0 spiro atoms. The van der Waals surface area contributed by atoms with Gasteiger partial charge in [-0.3, -0.25) is 9.59 Å². The van der Waals surface area contributed by atoms with Crippen molar-refractivity contribution in [1.82, 2.24) is 0 Å². The number of hydrogen-bond donors (Lipinski definition) is 3. The standard InChI is InChI=1S/C22H20F3N3O3/c23-22(24,25)14-7-10-18(27-15-8-5-13(12-26)6-9-15)19(11-14)28-20(29)16-3-1-2-4-17(16)21(30)31/h5-11,16-17,27H,1-4H2,(H,28,29)(H,30,31). The lowest BCUT2D eigenvalue weighted by Gasteiger charge is -2.28. The van der Waals surface area contributed by atoms with Gasteiger partial charge in [0.25, 0.3) is 0 Å². The Labute approximate surface area is 176 Å². The molecule has 1 aliphatic carbocycles. The minimum absolute atomic E-state index is 0.0982. The third-order valence-electron chi connectivity index (χ3n) is 5.32. The summed E-state index contributed by atoms with van der Waals surface area (Å²) in [6.07, 6.45) is -2.52. The predicted octanol–water partition coefficient (Wildman–Crippen LogP) is 5.15. The van der Waals surface area contributed by atoms with Crippen LogP contribution in [0.15, 0.2) is 42.5 Å². The topological polar surface area (TPSA) is 102 Å². The third-order valence-corrected chi connectivity index (χ3v) is 5.32. The van der Waals surface area contributed by atoms with Gasteiger partial charge in [-0.05, 0) is 55.3 Å². The van der Waals surface area contributed by atoms with E-state index in [1.54, 1.807) is 24.3 Å². The minimum Gasteiger partial charge on any atom is -0.481 e. The Bertz CT molecular complexity index is 1010. The largest absolute Gasteiger partial charge is 0.481 e. The summed E-state index contributed by atoms with van der Waals surface area (Å²) in [6, 6.07) is 11.2. The van der Waals surface area contributed by atoms with Gasteiger partial charge >= 0.3 is 12.1 Å². The maximum absolute atomic E-state index is 13.2. The number of alkyl halides is 3. The Kier molecular flexibility index (Phi) is 6.49. The van der Waals surface area contributed by atoms with E-state index in [1.807, 2.05) is 6.07 Å². The number of carboxylic acids is 1. The molecule has 0 bridgehead atoms. The van der Waals surface area contributed by atoms with Crippen LogP contribution in [0.4, 0.5) is 30.2 Å². The number of benzene rings is 2. The van der Waals surface area contributed by atoms with Crippen LogP contribution >= 0.6 is 0 Å². The number of rotatable bonds is 5. The molecule has 1 aliphatic rings. The zero-order valence-electron chi connectivity index (χ0n) is 16.4. The SMILES string of the molecule is N#Cc1ccc(Nc2ccc(C(F)(F)F)cc2NC(=O)C2CCCCC2C(=O)O)cc1. The zero-order chi connectivity index (χ0) is 22.6. The predicted molar refractivity (Wildman–Crippen MR) is 108 cm³/mol. The average molecular weight is 431 g/mol. The second-order valence-corrected chi connectivity index (χ2v) is 7.40. The van der Waals surface area contributed by atoms with Gasteiger partial charge in [-0.15, -0.1) is 0 Å². The van der Waals surface area contributed by atoms with Crippen LogP contribution in [-0.4, -0.2) is 17.0 Å². The number of nitriles is 1. The Balaban J connectivity index is 1.90. The maximum atomic E-state index is 13.2. The summed E-state index contributed by atoms with van der Waals surface area (Å²) in [6.45, 7) is 0. The van der Waals surface area contributed by atoms with Gasteiger partial charge in [0.2, 0.25) is 5.91 Å². The van der Waals surface area contributed by atoms with Crippen LogP contribution in [0.3, 0.4) is 0 Å². The minimum atomic E-state index is -4.61. The van der Waals surface area contributed by atoms with Gasteiger partial charge in [0.15, 0.2) is 0 Å². The molecular formula is C22H20F3N3O3. The van der Waals surface area contributed by atoms with Crippen molar-refractivity contribution in [2.75, 3.05) is 10.6 Å². The van der Waals surface area contributed by atoms with Crippen molar-refractivity contribution in [3.05, 3.63) is 53.6 Å². The molecule has 9 heteroatoms. The number of aliphatic carboxylic acids is 1. The lowest BCUT2D eigenvalue weighted by molar-refractivity contribution is -0.147. The quantitative estimate of drug-likeness (QED) is 0.608.